The number of benzene rings is 2. The monoisotopic (exact) mass is 335 g/mol. The predicted molar refractivity (Wildman–Crippen MR) is 84.5 cm³/mol. The first-order valence-electron chi connectivity index (χ1n) is 6.88. The van der Waals surface area contributed by atoms with Crippen LogP contribution in [0.2, 0.25) is 0 Å². The normalized spacial score (nSPS) is 11.6. The highest BCUT2D eigenvalue weighted by Gasteiger charge is 2.17. The number of halogens is 1. The van der Waals surface area contributed by atoms with E-state index in [1.165, 1.54) is 6.07 Å². The number of anilines is 1. The van der Waals surface area contributed by atoms with Gasteiger partial charge in [-0.15, -0.1) is 0 Å². The molecule has 0 saturated heterocycles. The van der Waals surface area contributed by atoms with E-state index in [4.69, 9.17) is 4.74 Å². The first-order chi connectivity index (χ1) is 11.0. The average Bonchev–Trinajstić information content (AvgIpc) is 2.96. The van der Waals surface area contributed by atoms with E-state index in [0.717, 1.165) is 17.5 Å². The highest BCUT2D eigenvalue weighted by Crippen LogP contribution is 2.24. The van der Waals surface area contributed by atoms with Gasteiger partial charge in [0.1, 0.15) is 0 Å². The highest BCUT2D eigenvalue weighted by molar-refractivity contribution is 7.92. The molecule has 0 saturated carbocycles. The number of hydrogen-bond donors (Lipinski definition) is 2. The Hall–Kier alpha value is -2.61. The fourth-order valence-corrected chi connectivity index (χ4v) is 3.20. The molecule has 2 aromatic carbocycles. The molecule has 1 heterocycles. The second kappa shape index (κ2) is 5.88. The van der Waals surface area contributed by atoms with Crippen molar-refractivity contribution in [3.63, 3.8) is 0 Å². The molecule has 0 aliphatic heterocycles. The molecule has 0 spiro atoms. The number of hydrogen-bond acceptors (Lipinski definition) is 4. The molecule has 0 aliphatic carbocycles. The Labute approximate surface area is 132 Å². The minimum atomic E-state index is -3.85. The summed E-state index contributed by atoms with van der Waals surface area (Å²) in [5.41, 5.74) is 1.09. The molecule has 3 rings (SSSR count). The topological polar surface area (TPSA) is 84.1 Å². The van der Waals surface area contributed by atoms with E-state index in [1.807, 2.05) is 0 Å². The van der Waals surface area contributed by atoms with Gasteiger partial charge in [-0.3, -0.25) is 9.82 Å². The number of aromatic amines is 1. The smallest absolute Gasteiger partial charge is 0.262 e. The number of rotatable bonds is 5. The van der Waals surface area contributed by atoms with Crippen LogP contribution in [0.1, 0.15) is 6.92 Å². The molecule has 23 heavy (non-hydrogen) atoms. The molecule has 0 bridgehead atoms. The van der Waals surface area contributed by atoms with Crippen LogP contribution in [0.4, 0.5) is 10.1 Å². The van der Waals surface area contributed by atoms with Crippen LogP contribution in [0.3, 0.4) is 0 Å². The van der Waals surface area contributed by atoms with E-state index in [-0.39, 0.29) is 17.3 Å². The van der Waals surface area contributed by atoms with E-state index in [2.05, 4.69) is 14.9 Å². The van der Waals surface area contributed by atoms with E-state index < -0.39 is 15.8 Å². The van der Waals surface area contributed by atoms with Crippen molar-refractivity contribution in [3.8, 4) is 5.75 Å². The molecule has 2 N–H and O–H groups in total. The zero-order valence-electron chi connectivity index (χ0n) is 12.2. The SMILES string of the molecule is CCOc1cc(S(=O)(=O)Nc2ccc3cn[nH]c3c2)ccc1F. The average molecular weight is 335 g/mol. The Balaban J connectivity index is 1.93. The minimum Gasteiger partial charge on any atom is -0.491 e. The van der Waals surface area contributed by atoms with Crippen molar-refractivity contribution in [2.75, 3.05) is 11.3 Å². The molecule has 6 nitrogen and oxygen atoms in total. The van der Waals surface area contributed by atoms with Crippen molar-refractivity contribution in [2.24, 2.45) is 0 Å². The van der Waals surface area contributed by atoms with Crippen LogP contribution < -0.4 is 9.46 Å². The molecular formula is C15H14FN3O3S. The van der Waals surface area contributed by atoms with Gasteiger partial charge in [-0.25, -0.2) is 12.8 Å². The molecular weight excluding hydrogens is 321 g/mol. The van der Waals surface area contributed by atoms with E-state index >= 15 is 0 Å². The van der Waals surface area contributed by atoms with Gasteiger partial charge in [0.2, 0.25) is 0 Å². The summed E-state index contributed by atoms with van der Waals surface area (Å²) in [5.74, 6) is -0.705. The molecule has 8 heteroatoms. The molecule has 3 aromatic rings. The molecule has 0 unspecified atom stereocenters. The molecule has 0 radical (unpaired) electrons. The second-order valence-corrected chi connectivity index (χ2v) is 6.49. The van der Waals surface area contributed by atoms with E-state index in [9.17, 15) is 12.8 Å². The van der Waals surface area contributed by atoms with Crippen LogP contribution in [0.5, 0.6) is 5.75 Å². The summed E-state index contributed by atoms with van der Waals surface area (Å²) in [5, 5.41) is 7.51. The lowest BCUT2D eigenvalue weighted by molar-refractivity contribution is 0.320. The van der Waals surface area contributed by atoms with Gasteiger partial charge in [-0.2, -0.15) is 5.10 Å². The maximum absolute atomic E-state index is 13.6. The quantitative estimate of drug-likeness (QED) is 0.751. The zero-order valence-corrected chi connectivity index (χ0v) is 13.0. The number of H-pyrrole nitrogens is 1. The van der Waals surface area contributed by atoms with Crippen molar-refractivity contribution in [1.29, 1.82) is 0 Å². The first-order valence-corrected chi connectivity index (χ1v) is 8.36. The Bertz CT molecular complexity index is 954. The van der Waals surface area contributed by atoms with Crippen LogP contribution in [0.25, 0.3) is 10.9 Å². The maximum Gasteiger partial charge on any atom is 0.262 e. The Morgan fingerprint density at radius 2 is 2.09 bits per heavy atom. The summed E-state index contributed by atoms with van der Waals surface area (Å²) in [6.07, 6.45) is 1.64. The summed E-state index contributed by atoms with van der Waals surface area (Å²) in [6, 6.07) is 8.42. The van der Waals surface area contributed by atoms with Gasteiger partial charge < -0.3 is 4.74 Å². The van der Waals surface area contributed by atoms with Gasteiger partial charge in [-0.1, -0.05) is 0 Å². The number of ether oxygens (including phenoxy) is 1. The molecule has 120 valence electrons. The van der Waals surface area contributed by atoms with Crippen molar-refractivity contribution in [2.45, 2.75) is 11.8 Å². The van der Waals surface area contributed by atoms with Crippen molar-refractivity contribution in [1.82, 2.24) is 10.2 Å². The van der Waals surface area contributed by atoms with Gasteiger partial charge in [0.25, 0.3) is 10.0 Å². The van der Waals surface area contributed by atoms with Crippen LogP contribution in [0.15, 0.2) is 47.5 Å². The molecule has 0 atom stereocenters. The second-order valence-electron chi connectivity index (χ2n) is 4.80. The number of sulfonamides is 1. The van der Waals surface area contributed by atoms with Crippen LogP contribution >= 0.6 is 0 Å². The zero-order chi connectivity index (χ0) is 16.4. The highest BCUT2D eigenvalue weighted by atomic mass is 32.2. The third-order valence-corrected chi connectivity index (χ3v) is 4.59. The van der Waals surface area contributed by atoms with Gasteiger partial charge in [0.15, 0.2) is 11.6 Å². The number of fused-ring (bicyclic) bond motifs is 1. The first kappa shape index (κ1) is 15.3. The lowest BCUT2D eigenvalue weighted by Crippen LogP contribution is -2.13. The molecule has 0 fully saturated rings. The maximum atomic E-state index is 13.6. The Kier molecular flexibility index (Phi) is 3.91. The van der Waals surface area contributed by atoms with Crippen LogP contribution in [-0.4, -0.2) is 25.2 Å². The molecule has 0 amide bonds. The van der Waals surface area contributed by atoms with Gasteiger partial charge in [0, 0.05) is 11.5 Å². The van der Waals surface area contributed by atoms with Gasteiger partial charge in [0.05, 0.1) is 28.9 Å². The number of aromatic nitrogens is 2. The van der Waals surface area contributed by atoms with Crippen LogP contribution in [-0.2, 0) is 10.0 Å². The fourth-order valence-electron chi connectivity index (χ4n) is 2.13. The fraction of sp³-hybridized carbons (Fsp3) is 0.133. The van der Waals surface area contributed by atoms with Gasteiger partial charge >= 0.3 is 0 Å². The number of nitrogens with one attached hydrogen (secondary N) is 2. The lowest BCUT2D eigenvalue weighted by atomic mass is 10.2. The third-order valence-electron chi connectivity index (χ3n) is 3.21. The largest absolute Gasteiger partial charge is 0.491 e. The van der Waals surface area contributed by atoms with E-state index in [1.54, 1.807) is 31.3 Å². The van der Waals surface area contributed by atoms with Crippen molar-refractivity contribution >= 4 is 26.6 Å². The summed E-state index contributed by atoms with van der Waals surface area (Å²) >= 11 is 0. The van der Waals surface area contributed by atoms with Crippen molar-refractivity contribution < 1.29 is 17.5 Å². The summed E-state index contributed by atoms with van der Waals surface area (Å²) in [7, 11) is -3.85. The number of nitrogens with zero attached hydrogens (tertiary/aromatic N) is 1. The lowest BCUT2D eigenvalue weighted by Gasteiger charge is -2.10. The standard InChI is InChI=1S/C15H14FN3O3S/c1-2-22-15-8-12(5-6-13(15)16)23(20,21)19-11-4-3-10-9-17-18-14(10)7-11/h3-9,19H,2H2,1H3,(H,17,18). The van der Waals surface area contributed by atoms with Gasteiger partial charge in [-0.05, 0) is 37.3 Å². The molecule has 0 aliphatic rings. The molecule has 1 aromatic heterocycles. The van der Waals surface area contributed by atoms with Crippen LogP contribution in [0, 0.1) is 5.82 Å². The third kappa shape index (κ3) is 3.11. The summed E-state index contributed by atoms with van der Waals surface area (Å²) < 4.78 is 46.0. The summed E-state index contributed by atoms with van der Waals surface area (Å²) in [6.45, 7) is 1.93. The summed E-state index contributed by atoms with van der Waals surface area (Å²) in [4.78, 5) is -0.0768. The Morgan fingerprint density at radius 1 is 1.26 bits per heavy atom. The predicted octanol–water partition coefficient (Wildman–Crippen LogP) is 2.90. The Morgan fingerprint density at radius 3 is 2.87 bits per heavy atom. The van der Waals surface area contributed by atoms with Crippen molar-refractivity contribution in [3.05, 3.63) is 48.4 Å². The minimum absolute atomic E-state index is 0.0768. The van der Waals surface area contributed by atoms with E-state index in [0.29, 0.717) is 11.2 Å².